The van der Waals surface area contributed by atoms with Gasteiger partial charge < -0.3 is 16.2 Å². The third-order valence-electron chi connectivity index (χ3n) is 4.09. The molecular weight excluding hydrogens is 378 g/mol. The summed E-state index contributed by atoms with van der Waals surface area (Å²) < 4.78 is 33.3. The van der Waals surface area contributed by atoms with Crippen molar-refractivity contribution in [2.45, 2.75) is 26.7 Å². The molecule has 0 fully saturated rings. The van der Waals surface area contributed by atoms with Crippen LogP contribution in [0.3, 0.4) is 0 Å². The zero-order chi connectivity index (χ0) is 21.6. The third kappa shape index (κ3) is 5.31. The number of anilines is 1. The van der Waals surface area contributed by atoms with Gasteiger partial charge in [0, 0.05) is 18.7 Å². The number of primary amides is 1. The zero-order valence-corrected chi connectivity index (χ0v) is 16.6. The summed E-state index contributed by atoms with van der Waals surface area (Å²) in [5, 5.41) is 4.19. The standard InChI is InChI=1S/C17H14F2N4O2.C4H10/c1-23-16(20)14(17(21)24)15(22-23)9-2-5-11(6-3-9)25-13-7-4-10(18)8-12(13)19;1-3-4-2/h2-8H,20H2,1H3,(H2,21,24);3-4H2,1-2H3. The van der Waals surface area contributed by atoms with E-state index >= 15 is 0 Å². The van der Waals surface area contributed by atoms with E-state index in [1.807, 2.05) is 0 Å². The highest BCUT2D eigenvalue weighted by molar-refractivity contribution is 6.03. The Labute approximate surface area is 168 Å². The minimum Gasteiger partial charge on any atom is -0.454 e. The maximum atomic E-state index is 13.6. The zero-order valence-electron chi connectivity index (χ0n) is 16.6. The van der Waals surface area contributed by atoms with Crippen LogP contribution in [0.15, 0.2) is 42.5 Å². The fourth-order valence-electron chi connectivity index (χ4n) is 2.35. The Balaban J connectivity index is 0.000000687. The molecule has 2 aromatic carbocycles. The van der Waals surface area contributed by atoms with Crippen LogP contribution in [0.25, 0.3) is 11.3 Å². The van der Waals surface area contributed by atoms with E-state index in [9.17, 15) is 13.6 Å². The highest BCUT2D eigenvalue weighted by atomic mass is 19.1. The van der Waals surface area contributed by atoms with E-state index in [0.29, 0.717) is 17.0 Å². The number of hydrogen-bond donors (Lipinski definition) is 2. The summed E-state index contributed by atoms with van der Waals surface area (Å²) >= 11 is 0. The molecule has 0 aliphatic rings. The molecule has 4 N–H and O–H groups in total. The van der Waals surface area contributed by atoms with Crippen LogP contribution < -0.4 is 16.2 Å². The number of benzene rings is 2. The Morgan fingerprint density at radius 2 is 1.72 bits per heavy atom. The summed E-state index contributed by atoms with van der Waals surface area (Å²) in [6.45, 7) is 4.36. The predicted octanol–water partition coefficient (Wildman–Crippen LogP) is 4.65. The molecule has 3 rings (SSSR count). The highest BCUT2D eigenvalue weighted by Gasteiger charge is 2.20. The molecule has 0 aliphatic heterocycles. The first-order valence-electron chi connectivity index (χ1n) is 9.14. The second-order valence-corrected chi connectivity index (χ2v) is 6.30. The molecular formula is C21H24F2N4O2. The van der Waals surface area contributed by atoms with E-state index in [1.54, 1.807) is 31.3 Å². The van der Waals surface area contributed by atoms with Gasteiger partial charge >= 0.3 is 0 Å². The summed E-state index contributed by atoms with van der Waals surface area (Å²) in [5.41, 5.74) is 12.2. The lowest BCUT2D eigenvalue weighted by atomic mass is 10.1. The molecule has 29 heavy (non-hydrogen) atoms. The summed E-state index contributed by atoms with van der Waals surface area (Å²) in [6.07, 6.45) is 2.64. The monoisotopic (exact) mass is 402 g/mol. The first kappa shape index (κ1) is 21.9. The van der Waals surface area contributed by atoms with Gasteiger partial charge in [0.2, 0.25) is 0 Å². The number of unbranched alkanes of at least 4 members (excludes halogenated alkanes) is 1. The van der Waals surface area contributed by atoms with Crippen molar-refractivity contribution in [3.63, 3.8) is 0 Å². The number of carbonyl (C=O) groups excluding carboxylic acids is 1. The molecule has 0 saturated carbocycles. The number of carbonyl (C=O) groups is 1. The molecule has 1 amide bonds. The van der Waals surface area contributed by atoms with Crippen molar-refractivity contribution in [2.24, 2.45) is 12.8 Å². The van der Waals surface area contributed by atoms with Gasteiger partial charge in [-0.15, -0.1) is 0 Å². The molecule has 0 atom stereocenters. The molecule has 1 aromatic heterocycles. The minimum atomic E-state index is -0.808. The van der Waals surface area contributed by atoms with Crippen LogP contribution >= 0.6 is 0 Å². The molecule has 8 heteroatoms. The Morgan fingerprint density at radius 1 is 1.10 bits per heavy atom. The van der Waals surface area contributed by atoms with Crippen LogP contribution in [-0.4, -0.2) is 15.7 Å². The van der Waals surface area contributed by atoms with Crippen LogP contribution in [-0.2, 0) is 7.05 Å². The third-order valence-corrected chi connectivity index (χ3v) is 4.09. The number of nitrogens with two attached hydrogens (primary N) is 2. The lowest BCUT2D eigenvalue weighted by Gasteiger charge is -2.07. The van der Waals surface area contributed by atoms with Gasteiger partial charge in [-0.1, -0.05) is 26.7 Å². The average Bonchev–Trinajstić information content (AvgIpc) is 2.99. The number of ether oxygens (including phenoxy) is 1. The van der Waals surface area contributed by atoms with Crippen LogP contribution in [0.5, 0.6) is 11.5 Å². The highest BCUT2D eigenvalue weighted by Crippen LogP contribution is 2.30. The fraction of sp³-hybridized carbons (Fsp3) is 0.238. The van der Waals surface area contributed by atoms with E-state index in [-0.39, 0.29) is 17.1 Å². The summed E-state index contributed by atoms with van der Waals surface area (Å²) in [4.78, 5) is 11.6. The van der Waals surface area contributed by atoms with Crippen molar-refractivity contribution in [2.75, 3.05) is 5.73 Å². The van der Waals surface area contributed by atoms with E-state index in [0.717, 1.165) is 12.1 Å². The van der Waals surface area contributed by atoms with Gasteiger partial charge in [0.25, 0.3) is 5.91 Å². The van der Waals surface area contributed by atoms with E-state index < -0.39 is 17.5 Å². The van der Waals surface area contributed by atoms with Crippen molar-refractivity contribution in [1.82, 2.24) is 9.78 Å². The van der Waals surface area contributed by atoms with Gasteiger partial charge in [0.1, 0.15) is 28.6 Å². The Bertz CT molecular complexity index is 983. The van der Waals surface area contributed by atoms with Gasteiger partial charge in [0.05, 0.1) is 0 Å². The van der Waals surface area contributed by atoms with E-state index in [2.05, 4.69) is 18.9 Å². The quantitative estimate of drug-likeness (QED) is 0.649. The molecule has 0 aliphatic carbocycles. The van der Waals surface area contributed by atoms with Gasteiger partial charge in [-0.3, -0.25) is 9.48 Å². The molecule has 6 nitrogen and oxygen atoms in total. The number of amides is 1. The second kappa shape index (κ2) is 9.68. The number of nitrogens with zero attached hydrogens (tertiary/aromatic N) is 2. The Hall–Kier alpha value is -3.42. The minimum absolute atomic E-state index is 0.103. The van der Waals surface area contributed by atoms with Crippen molar-refractivity contribution < 1.29 is 18.3 Å². The smallest absolute Gasteiger partial charge is 0.254 e. The van der Waals surface area contributed by atoms with Gasteiger partial charge in [0.15, 0.2) is 11.6 Å². The number of nitrogen functional groups attached to an aromatic ring is 1. The summed E-state index contributed by atoms with van der Waals surface area (Å²) in [5.74, 6) is -1.79. The fourth-order valence-corrected chi connectivity index (χ4v) is 2.35. The topological polar surface area (TPSA) is 96.2 Å². The van der Waals surface area contributed by atoms with Crippen molar-refractivity contribution >= 4 is 11.7 Å². The molecule has 0 spiro atoms. The lowest BCUT2D eigenvalue weighted by molar-refractivity contribution is 0.100. The number of halogens is 2. The summed E-state index contributed by atoms with van der Waals surface area (Å²) in [7, 11) is 1.60. The van der Waals surface area contributed by atoms with Crippen molar-refractivity contribution in [3.8, 4) is 22.8 Å². The molecule has 1 heterocycles. The van der Waals surface area contributed by atoms with Crippen molar-refractivity contribution in [1.29, 1.82) is 0 Å². The lowest BCUT2D eigenvalue weighted by Crippen LogP contribution is -2.14. The van der Waals surface area contributed by atoms with Crippen LogP contribution in [0.1, 0.15) is 37.0 Å². The van der Waals surface area contributed by atoms with Crippen LogP contribution in [0, 0.1) is 11.6 Å². The van der Waals surface area contributed by atoms with Crippen LogP contribution in [0.4, 0.5) is 14.6 Å². The SMILES string of the molecule is CCCC.Cn1nc(-c2ccc(Oc3ccc(F)cc3F)cc2)c(C(N)=O)c1N. The second-order valence-electron chi connectivity index (χ2n) is 6.30. The van der Waals surface area contributed by atoms with Crippen molar-refractivity contribution in [3.05, 3.63) is 59.7 Å². The first-order chi connectivity index (χ1) is 13.8. The van der Waals surface area contributed by atoms with Gasteiger partial charge in [-0.05, 0) is 36.4 Å². The maximum absolute atomic E-state index is 13.6. The molecule has 0 bridgehead atoms. The Morgan fingerprint density at radius 3 is 2.24 bits per heavy atom. The normalized spacial score (nSPS) is 10.2. The molecule has 0 saturated heterocycles. The van der Waals surface area contributed by atoms with Crippen LogP contribution in [0.2, 0.25) is 0 Å². The van der Waals surface area contributed by atoms with E-state index in [4.69, 9.17) is 16.2 Å². The number of rotatable bonds is 5. The number of aromatic nitrogens is 2. The molecule has 0 radical (unpaired) electrons. The molecule has 3 aromatic rings. The average molecular weight is 402 g/mol. The largest absolute Gasteiger partial charge is 0.454 e. The number of aryl methyl sites for hydroxylation is 1. The molecule has 0 unspecified atom stereocenters. The van der Waals surface area contributed by atoms with Gasteiger partial charge in [-0.2, -0.15) is 5.10 Å². The first-order valence-corrected chi connectivity index (χ1v) is 9.14. The molecule has 154 valence electrons. The number of hydrogen-bond acceptors (Lipinski definition) is 4. The maximum Gasteiger partial charge on any atom is 0.254 e. The van der Waals surface area contributed by atoms with E-state index in [1.165, 1.54) is 23.6 Å². The summed E-state index contributed by atoms with van der Waals surface area (Å²) in [6, 6.07) is 9.42. The Kier molecular flexibility index (Phi) is 7.30. The van der Waals surface area contributed by atoms with Gasteiger partial charge in [-0.25, -0.2) is 8.78 Å². The predicted molar refractivity (Wildman–Crippen MR) is 109 cm³/mol.